The van der Waals surface area contributed by atoms with Crippen LogP contribution in [0.3, 0.4) is 0 Å². The molecule has 0 bridgehead atoms. The van der Waals surface area contributed by atoms with Gasteiger partial charge in [-0.1, -0.05) is 23.2 Å². The summed E-state index contributed by atoms with van der Waals surface area (Å²) in [5.74, 6) is 0. The molecule has 0 saturated carbocycles. The van der Waals surface area contributed by atoms with Crippen molar-refractivity contribution in [2.75, 3.05) is 19.8 Å². The van der Waals surface area contributed by atoms with Crippen LogP contribution < -0.4 is 5.32 Å². The van der Waals surface area contributed by atoms with Gasteiger partial charge in [0.2, 0.25) is 0 Å². The molecule has 1 aromatic rings. The van der Waals surface area contributed by atoms with Gasteiger partial charge < -0.3 is 10.1 Å². The molecule has 1 heterocycles. The molecule has 7 heteroatoms. The summed E-state index contributed by atoms with van der Waals surface area (Å²) in [4.78, 5) is 0. The van der Waals surface area contributed by atoms with Gasteiger partial charge in [-0.25, -0.2) is 8.78 Å². The molecule has 1 rings (SSSR count). The van der Waals surface area contributed by atoms with Crippen LogP contribution >= 0.6 is 34.5 Å². The van der Waals surface area contributed by atoms with E-state index in [2.05, 4.69) is 5.32 Å². The minimum absolute atomic E-state index is 0.0152. The zero-order valence-corrected chi connectivity index (χ0v) is 11.5. The highest BCUT2D eigenvalue weighted by Crippen LogP contribution is 2.34. The van der Waals surface area contributed by atoms with E-state index in [4.69, 9.17) is 27.9 Å². The summed E-state index contributed by atoms with van der Waals surface area (Å²) >= 11 is 13.1. The Hall–Kier alpha value is 0.0600. The lowest BCUT2D eigenvalue weighted by atomic mass is 10.2. The van der Waals surface area contributed by atoms with Crippen molar-refractivity contribution in [3.8, 4) is 0 Å². The van der Waals surface area contributed by atoms with Crippen molar-refractivity contribution in [1.82, 2.24) is 5.32 Å². The maximum atomic E-state index is 11.8. The number of rotatable bonds is 7. The Morgan fingerprint density at radius 2 is 2.18 bits per heavy atom. The highest BCUT2D eigenvalue weighted by molar-refractivity contribution is 7.20. The predicted molar refractivity (Wildman–Crippen MR) is 67.6 cm³/mol. The largest absolute Gasteiger partial charge is 0.374 e. The zero-order chi connectivity index (χ0) is 12.8. The van der Waals surface area contributed by atoms with Gasteiger partial charge in [-0.3, -0.25) is 0 Å². The normalized spacial score (nSPS) is 13.3. The van der Waals surface area contributed by atoms with E-state index in [0.717, 1.165) is 5.56 Å². The molecular weight excluding hydrogens is 291 g/mol. The van der Waals surface area contributed by atoms with Gasteiger partial charge in [0.05, 0.1) is 15.3 Å². The molecular formula is C10H13Cl2F2NOS. The number of ether oxygens (including phenoxy) is 1. The van der Waals surface area contributed by atoms with Crippen molar-refractivity contribution >= 4 is 34.5 Å². The monoisotopic (exact) mass is 303 g/mol. The lowest BCUT2D eigenvalue weighted by Crippen LogP contribution is -2.24. The highest BCUT2D eigenvalue weighted by atomic mass is 35.5. The van der Waals surface area contributed by atoms with Gasteiger partial charge in [0, 0.05) is 12.6 Å². The van der Waals surface area contributed by atoms with Crippen molar-refractivity contribution in [1.29, 1.82) is 0 Å². The van der Waals surface area contributed by atoms with Gasteiger partial charge in [-0.15, -0.1) is 11.3 Å². The lowest BCUT2D eigenvalue weighted by Gasteiger charge is -2.13. The Morgan fingerprint density at radius 3 is 2.71 bits per heavy atom. The topological polar surface area (TPSA) is 21.3 Å². The van der Waals surface area contributed by atoms with Gasteiger partial charge in [0.25, 0.3) is 6.43 Å². The molecule has 1 N–H and O–H groups in total. The summed E-state index contributed by atoms with van der Waals surface area (Å²) in [6.45, 7) is 2.13. The van der Waals surface area contributed by atoms with Crippen LogP contribution in [0.15, 0.2) is 6.07 Å². The zero-order valence-electron chi connectivity index (χ0n) is 9.18. The van der Waals surface area contributed by atoms with Crippen molar-refractivity contribution in [3.63, 3.8) is 0 Å². The predicted octanol–water partition coefficient (Wildman–Crippen LogP) is 3.99. The summed E-state index contributed by atoms with van der Waals surface area (Å²) in [6.07, 6.45) is -2.42. The molecule has 0 radical (unpaired) electrons. The first-order valence-electron chi connectivity index (χ1n) is 5.04. The van der Waals surface area contributed by atoms with E-state index in [-0.39, 0.29) is 12.6 Å². The second-order valence-corrected chi connectivity index (χ2v) is 5.71. The lowest BCUT2D eigenvalue weighted by molar-refractivity contribution is 0.0183. The maximum absolute atomic E-state index is 11.8. The van der Waals surface area contributed by atoms with Crippen LogP contribution in [-0.2, 0) is 4.74 Å². The first-order valence-corrected chi connectivity index (χ1v) is 6.62. The number of hydrogen-bond donors (Lipinski definition) is 1. The standard InChI is InChI=1S/C10H13Cl2F2NOS/c1-6(7-4-8(11)17-10(7)12)15-2-3-16-5-9(13)14/h4,6,9,15H,2-3,5H2,1H3. The number of hydrogen-bond acceptors (Lipinski definition) is 3. The minimum atomic E-state index is -2.42. The molecule has 98 valence electrons. The van der Waals surface area contributed by atoms with Crippen LogP contribution in [0.5, 0.6) is 0 Å². The molecule has 2 nitrogen and oxygen atoms in total. The van der Waals surface area contributed by atoms with Crippen LogP contribution in [0.2, 0.25) is 8.67 Å². The number of halogens is 4. The van der Waals surface area contributed by atoms with Crippen LogP contribution in [-0.4, -0.2) is 26.2 Å². The molecule has 0 aromatic carbocycles. The summed E-state index contributed by atoms with van der Waals surface area (Å²) < 4.78 is 29.6. The molecule has 0 fully saturated rings. The first kappa shape index (κ1) is 15.1. The van der Waals surface area contributed by atoms with E-state index in [0.29, 0.717) is 15.2 Å². The third kappa shape index (κ3) is 5.48. The highest BCUT2D eigenvalue weighted by Gasteiger charge is 2.12. The third-order valence-electron chi connectivity index (χ3n) is 2.09. The fourth-order valence-electron chi connectivity index (χ4n) is 1.28. The van der Waals surface area contributed by atoms with E-state index in [1.54, 1.807) is 6.07 Å². The number of nitrogens with one attached hydrogen (secondary N) is 1. The van der Waals surface area contributed by atoms with Gasteiger partial charge >= 0.3 is 0 Å². The van der Waals surface area contributed by atoms with E-state index in [9.17, 15) is 8.78 Å². The fourth-order valence-corrected chi connectivity index (χ4v) is 2.92. The van der Waals surface area contributed by atoms with Crippen molar-refractivity contribution in [2.24, 2.45) is 0 Å². The van der Waals surface area contributed by atoms with E-state index < -0.39 is 13.0 Å². The molecule has 0 aliphatic heterocycles. The Morgan fingerprint density at radius 1 is 1.47 bits per heavy atom. The molecule has 0 spiro atoms. The molecule has 0 amide bonds. The SMILES string of the molecule is CC(NCCOCC(F)F)c1cc(Cl)sc1Cl. The molecule has 0 aliphatic rings. The Labute approximate surface area is 113 Å². The van der Waals surface area contributed by atoms with E-state index in [1.807, 2.05) is 6.92 Å². The maximum Gasteiger partial charge on any atom is 0.261 e. The fraction of sp³-hybridized carbons (Fsp3) is 0.600. The Balaban J connectivity index is 2.25. The molecule has 1 unspecified atom stereocenters. The average molecular weight is 304 g/mol. The molecule has 1 aromatic heterocycles. The summed E-state index contributed by atoms with van der Waals surface area (Å²) in [7, 11) is 0. The van der Waals surface area contributed by atoms with E-state index in [1.165, 1.54) is 11.3 Å². The Kier molecular flexibility index (Phi) is 6.66. The second kappa shape index (κ2) is 7.48. The van der Waals surface area contributed by atoms with Gasteiger partial charge in [-0.05, 0) is 18.6 Å². The summed E-state index contributed by atoms with van der Waals surface area (Å²) in [5, 5.41) is 3.12. The van der Waals surface area contributed by atoms with Gasteiger partial charge in [0.15, 0.2) is 0 Å². The quantitative estimate of drug-likeness (QED) is 0.769. The molecule has 17 heavy (non-hydrogen) atoms. The smallest absolute Gasteiger partial charge is 0.261 e. The Bertz CT molecular complexity index is 349. The van der Waals surface area contributed by atoms with Crippen molar-refractivity contribution in [3.05, 3.63) is 20.3 Å². The van der Waals surface area contributed by atoms with Crippen LogP contribution in [0.25, 0.3) is 0 Å². The van der Waals surface area contributed by atoms with Crippen LogP contribution in [0, 0.1) is 0 Å². The molecule has 0 aliphatic carbocycles. The summed E-state index contributed by atoms with van der Waals surface area (Å²) in [6, 6.07) is 1.81. The second-order valence-electron chi connectivity index (χ2n) is 3.42. The van der Waals surface area contributed by atoms with Gasteiger partial charge in [-0.2, -0.15) is 0 Å². The van der Waals surface area contributed by atoms with Crippen LogP contribution in [0.4, 0.5) is 8.78 Å². The number of thiophene rings is 1. The third-order valence-corrected chi connectivity index (χ3v) is 3.61. The number of alkyl halides is 2. The average Bonchev–Trinajstić information content (AvgIpc) is 2.56. The molecule has 0 saturated heterocycles. The van der Waals surface area contributed by atoms with Crippen molar-refractivity contribution < 1.29 is 13.5 Å². The van der Waals surface area contributed by atoms with Crippen LogP contribution in [0.1, 0.15) is 18.5 Å². The van der Waals surface area contributed by atoms with E-state index >= 15 is 0 Å². The van der Waals surface area contributed by atoms with Crippen molar-refractivity contribution in [2.45, 2.75) is 19.4 Å². The minimum Gasteiger partial charge on any atom is -0.374 e. The summed E-state index contributed by atoms with van der Waals surface area (Å²) in [5.41, 5.74) is 0.913. The molecule has 1 atom stereocenters. The van der Waals surface area contributed by atoms with Gasteiger partial charge in [0.1, 0.15) is 6.61 Å². The first-order chi connectivity index (χ1) is 8.00.